The summed E-state index contributed by atoms with van der Waals surface area (Å²) in [6.45, 7) is 0. The first-order chi connectivity index (χ1) is 9.66. The molecule has 2 aromatic carbocycles. The van der Waals surface area contributed by atoms with Crippen molar-refractivity contribution >= 4 is 45.2 Å². The van der Waals surface area contributed by atoms with Gasteiger partial charge in [-0.3, -0.25) is 4.79 Å². The Morgan fingerprint density at radius 2 is 1.14 bits per heavy atom. The van der Waals surface area contributed by atoms with Crippen LogP contribution in [0.25, 0.3) is 12.2 Å². The van der Waals surface area contributed by atoms with Gasteiger partial charge in [0, 0.05) is 38.4 Å². The molecule has 3 nitrogen and oxygen atoms in total. The van der Waals surface area contributed by atoms with Crippen molar-refractivity contribution in [3.8, 4) is 11.5 Å². The van der Waals surface area contributed by atoms with Crippen LogP contribution >= 0.6 is 0 Å². The Morgan fingerprint density at radius 1 is 0.762 bits per heavy atom. The van der Waals surface area contributed by atoms with Crippen molar-refractivity contribution in [2.45, 2.75) is 0 Å². The van der Waals surface area contributed by atoms with E-state index in [4.69, 9.17) is 0 Å². The van der Waals surface area contributed by atoms with Crippen LogP contribution in [0.1, 0.15) is 11.1 Å². The maximum absolute atomic E-state index is 11.7. The summed E-state index contributed by atoms with van der Waals surface area (Å²) in [6.07, 6.45) is 5.83. The van der Waals surface area contributed by atoms with Crippen LogP contribution in [0.5, 0.6) is 11.5 Å². The number of carbonyl (C=O) groups is 1. The number of hydrogen-bond donors (Lipinski definition) is 2. The standard InChI is InChI=1S/C17H14O3.Pb/c18-15(11-9-13-5-1-3-7-16(13)19)12-10-14-6-2-4-8-17(14)20;/h1-12,19-20H;. The zero-order chi connectivity index (χ0) is 14.4. The van der Waals surface area contributed by atoms with E-state index in [1.807, 2.05) is 0 Å². The van der Waals surface area contributed by atoms with Crippen molar-refractivity contribution in [2.24, 2.45) is 0 Å². The summed E-state index contributed by atoms with van der Waals surface area (Å²) >= 11 is 0. The fraction of sp³-hybridized carbons (Fsp3) is 0. The first-order valence-corrected chi connectivity index (χ1v) is 6.13. The molecule has 0 aliphatic rings. The number of allylic oxidation sites excluding steroid dienone is 2. The molecule has 0 spiro atoms. The third-order valence-corrected chi connectivity index (χ3v) is 2.73. The summed E-state index contributed by atoms with van der Waals surface area (Å²) in [5, 5.41) is 19.1. The number of ketones is 1. The maximum atomic E-state index is 11.7. The monoisotopic (exact) mass is 474 g/mol. The minimum atomic E-state index is -0.225. The number of para-hydroxylation sites is 2. The Kier molecular flexibility index (Phi) is 6.87. The third-order valence-electron chi connectivity index (χ3n) is 2.73. The number of hydrogen-bond acceptors (Lipinski definition) is 3. The van der Waals surface area contributed by atoms with Gasteiger partial charge in [0.05, 0.1) is 0 Å². The SMILES string of the molecule is O=C(C=Cc1ccccc1O)C=Cc1ccccc1O.[Pb]. The Bertz CT molecular complexity index is 618. The second-order valence-corrected chi connectivity index (χ2v) is 4.19. The number of phenolic OH excluding ortho intramolecular Hbond substituents is 2. The first-order valence-electron chi connectivity index (χ1n) is 6.13. The number of aromatic hydroxyl groups is 2. The number of rotatable bonds is 4. The minimum Gasteiger partial charge on any atom is -0.507 e. The fourth-order valence-electron chi connectivity index (χ4n) is 1.66. The molecule has 104 valence electrons. The third kappa shape index (κ3) is 5.19. The normalized spacial score (nSPS) is 10.7. The summed E-state index contributed by atoms with van der Waals surface area (Å²) in [5.41, 5.74) is 1.16. The van der Waals surface area contributed by atoms with Gasteiger partial charge < -0.3 is 10.2 Å². The van der Waals surface area contributed by atoms with Crippen LogP contribution < -0.4 is 0 Å². The number of phenols is 2. The molecule has 0 amide bonds. The van der Waals surface area contributed by atoms with Gasteiger partial charge in [-0.1, -0.05) is 36.4 Å². The van der Waals surface area contributed by atoms with Crippen molar-refractivity contribution in [1.29, 1.82) is 0 Å². The van der Waals surface area contributed by atoms with Crippen LogP contribution in [-0.4, -0.2) is 43.3 Å². The number of carbonyl (C=O) groups excluding carboxylic acids is 1. The summed E-state index contributed by atoms with van der Waals surface area (Å²) in [5.74, 6) is 0.0268. The van der Waals surface area contributed by atoms with Crippen LogP contribution in [0.3, 0.4) is 0 Å². The Labute approximate surface area is 143 Å². The Balaban J connectivity index is 0.00000220. The molecule has 0 heterocycles. The fourth-order valence-corrected chi connectivity index (χ4v) is 1.66. The van der Waals surface area contributed by atoms with Crippen LogP contribution in [0.4, 0.5) is 0 Å². The Hall–Kier alpha value is -1.89. The van der Waals surface area contributed by atoms with E-state index in [9.17, 15) is 15.0 Å². The molecule has 21 heavy (non-hydrogen) atoms. The maximum Gasteiger partial charge on any atom is 0.178 e. The number of benzene rings is 2. The quantitative estimate of drug-likeness (QED) is 0.530. The van der Waals surface area contributed by atoms with E-state index < -0.39 is 0 Å². The summed E-state index contributed by atoms with van der Waals surface area (Å²) in [4.78, 5) is 11.7. The van der Waals surface area contributed by atoms with E-state index in [1.165, 1.54) is 12.2 Å². The second kappa shape index (κ2) is 8.41. The van der Waals surface area contributed by atoms with E-state index in [0.717, 1.165) is 0 Å². The van der Waals surface area contributed by atoms with E-state index in [1.54, 1.807) is 60.7 Å². The van der Waals surface area contributed by atoms with Crippen molar-refractivity contribution in [3.05, 3.63) is 71.8 Å². The summed E-state index contributed by atoms with van der Waals surface area (Å²) in [7, 11) is 0. The van der Waals surface area contributed by atoms with Crippen molar-refractivity contribution in [3.63, 3.8) is 0 Å². The summed E-state index contributed by atoms with van der Waals surface area (Å²) in [6, 6.07) is 13.5. The molecule has 0 atom stereocenters. The molecule has 0 saturated heterocycles. The molecule has 0 aliphatic carbocycles. The van der Waals surface area contributed by atoms with Gasteiger partial charge in [0.2, 0.25) is 0 Å². The molecule has 4 radical (unpaired) electrons. The van der Waals surface area contributed by atoms with Gasteiger partial charge in [-0.25, -0.2) is 0 Å². The molecule has 0 unspecified atom stereocenters. The van der Waals surface area contributed by atoms with Gasteiger partial charge in [0.25, 0.3) is 0 Å². The van der Waals surface area contributed by atoms with Gasteiger partial charge in [0.1, 0.15) is 11.5 Å². The molecule has 2 aromatic rings. The van der Waals surface area contributed by atoms with Crippen LogP contribution in [0, 0.1) is 0 Å². The smallest absolute Gasteiger partial charge is 0.178 e. The molecule has 0 aromatic heterocycles. The molecule has 0 aliphatic heterocycles. The van der Waals surface area contributed by atoms with Crippen LogP contribution in [0.2, 0.25) is 0 Å². The zero-order valence-electron chi connectivity index (χ0n) is 11.2. The van der Waals surface area contributed by atoms with Gasteiger partial charge in [-0.05, 0) is 36.4 Å². The molecule has 2 rings (SSSR count). The van der Waals surface area contributed by atoms with E-state index in [2.05, 4.69) is 0 Å². The zero-order valence-corrected chi connectivity index (χ0v) is 15.1. The van der Waals surface area contributed by atoms with Gasteiger partial charge in [-0.2, -0.15) is 0 Å². The molecule has 4 heteroatoms. The first kappa shape index (κ1) is 17.2. The average molecular weight is 473 g/mol. The minimum absolute atomic E-state index is 0. The van der Waals surface area contributed by atoms with Crippen molar-refractivity contribution < 1.29 is 15.0 Å². The second-order valence-electron chi connectivity index (χ2n) is 4.19. The molecule has 2 N–H and O–H groups in total. The largest absolute Gasteiger partial charge is 0.507 e. The molecular weight excluding hydrogens is 459 g/mol. The van der Waals surface area contributed by atoms with Gasteiger partial charge in [-0.15, -0.1) is 0 Å². The van der Waals surface area contributed by atoms with Crippen molar-refractivity contribution in [1.82, 2.24) is 0 Å². The van der Waals surface area contributed by atoms with E-state index in [0.29, 0.717) is 11.1 Å². The predicted octanol–water partition coefficient (Wildman–Crippen LogP) is 3.01. The topological polar surface area (TPSA) is 57.5 Å². The average Bonchev–Trinajstić information content (AvgIpc) is 2.45. The van der Waals surface area contributed by atoms with Crippen LogP contribution in [0.15, 0.2) is 60.7 Å². The molecule has 0 saturated carbocycles. The predicted molar refractivity (Wildman–Crippen MR) is 85.0 cm³/mol. The van der Waals surface area contributed by atoms with Crippen molar-refractivity contribution in [2.75, 3.05) is 0 Å². The molecule has 0 fully saturated rings. The molecular formula is C17H14O3Pb. The van der Waals surface area contributed by atoms with Crippen LogP contribution in [-0.2, 0) is 4.79 Å². The summed E-state index contributed by atoms with van der Waals surface area (Å²) < 4.78 is 0. The molecule has 0 bridgehead atoms. The van der Waals surface area contributed by atoms with E-state index >= 15 is 0 Å². The Morgan fingerprint density at radius 3 is 1.52 bits per heavy atom. The van der Waals surface area contributed by atoms with Gasteiger partial charge >= 0.3 is 0 Å². The van der Waals surface area contributed by atoms with Gasteiger partial charge in [0.15, 0.2) is 5.78 Å². The van der Waals surface area contributed by atoms with E-state index in [-0.39, 0.29) is 44.6 Å².